The first-order chi connectivity index (χ1) is 12.9. The van der Waals surface area contributed by atoms with E-state index in [0.717, 1.165) is 44.2 Å². The normalized spacial score (nSPS) is 11.0. The Kier molecular flexibility index (Phi) is 9.47. The van der Waals surface area contributed by atoms with Crippen molar-refractivity contribution in [1.29, 1.82) is 0 Å². The van der Waals surface area contributed by atoms with Gasteiger partial charge in [-0.05, 0) is 30.2 Å². The molecule has 0 saturated heterocycles. The molecular formula is C20H26IN5O. The summed E-state index contributed by atoms with van der Waals surface area (Å²) in [6.45, 7) is 3.14. The molecule has 3 aromatic rings. The van der Waals surface area contributed by atoms with E-state index in [1.165, 1.54) is 5.56 Å². The zero-order valence-corrected chi connectivity index (χ0v) is 17.6. The van der Waals surface area contributed by atoms with Crippen LogP contribution < -0.4 is 10.6 Å². The molecule has 144 valence electrons. The van der Waals surface area contributed by atoms with Gasteiger partial charge in [-0.3, -0.25) is 4.68 Å². The summed E-state index contributed by atoms with van der Waals surface area (Å²) >= 11 is 0. The van der Waals surface area contributed by atoms with E-state index in [0.29, 0.717) is 6.54 Å². The summed E-state index contributed by atoms with van der Waals surface area (Å²) in [4.78, 5) is 4.69. The maximum absolute atomic E-state index is 5.37. The Labute approximate surface area is 177 Å². The topological polar surface area (TPSA) is 67.4 Å². The van der Waals surface area contributed by atoms with Crippen LogP contribution in [-0.4, -0.2) is 28.8 Å². The lowest BCUT2D eigenvalue weighted by atomic mass is 10.2. The van der Waals surface area contributed by atoms with Crippen molar-refractivity contribution >= 4 is 29.9 Å². The number of aromatic nitrogens is 2. The highest BCUT2D eigenvalue weighted by Crippen LogP contribution is 2.01. The van der Waals surface area contributed by atoms with Crippen molar-refractivity contribution in [3.8, 4) is 0 Å². The summed E-state index contributed by atoms with van der Waals surface area (Å²) in [7, 11) is 0. The summed E-state index contributed by atoms with van der Waals surface area (Å²) in [5.41, 5.74) is 1.19. The zero-order chi connectivity index (χ0) is 17.9. The largest absolute Gasteiger partial charge is 0.469 e. The third-order valence-electron chi connectivity index (χ3n) is 3.92. The second kappa shape index (κ2) is 12.2. The minimum atomic E-state index is 0. The molecule has 0 bridgehead atoms. The van der Waals surface area contributed by atoms with Crippen molar-refractivity contribution in [2.75, 3.05) is 13.1 Å². The van der Waals surface area contributed by atoms with Crippen LogP contribution in [0.1, 0.15) is 17.7 Å². The Morgan fingerprint density at radius 1 is 1.04 bits per heavy atom. The third kappa shape index (κ3) is 7.86. The molecule has 2 heterocycles. The van der Waals surface area contributed by atoms with Gasteiger partial charge in [0.1, 0.15) is 5.76 Å². The van der Waals surface area contributed by atoms with E-state index in [4.69, 9.17) is 4.42 Å². The van der Waals surface area contributed by atoms with Gasteiger partial charge in [-0.25, -0.2) is 4.99 Å². The molecule has 27 heavy (non-hydrogen) atoms. The maximum Gasteiger partial charge on any atom is 0.191 e. The van der Waals surface area contributed by atoms with E-state index in [9.17, 15) is 0 Å². The number of furan rings is 1. The molecule has 2 aromatic heterocycles. The molecule has 1 aromatic carbocycles. The highest BCUT2D eigenvalue weighted by Gasteiger charge is 2.01. The van der Waals surface area contributed by atoms with Gasteiger partial charge in [0, 0.05) is 38.4 Å². The van der Waals surface area contributed by atoms with Crippen LogP contribution in [0.2, 0.25) is 0 Å². The molecular weight excluding hydrogens is 453 g/mol. The van der Waals surface area contributed by atoms with Crippen molar-refractivity contribution < 1.29 is 4.42 Å². The highest BCUT2D eigenvalue weighted by molar-refractivity contribution is 14.0. The second-order valence-electron chi connectivity index (χ2n) is 5.96. The Balaban J connectivity index is 0.00000261. The van der Waals surface area contributed by atoms with E-state index in [1.54, 1.807) is 12.5 Å². The average Bonchev–Trinajstić information content (AvgIpc) is 3.37. The van der Waals surface area contributed by atoms with Gasteiger partial charge in [0.25, 0.3) is 0 Å². The number of guanidine groups is 1. The van der Waals surface area contributed by atoms with Gasteiger partial charge < -0.3 is 15.1 Å². The molecule has 6 nitrogen and oxygen atoms in total. The fraction of sp³-hybridized carbons (Fsp3) is 0.300. The number of aliphatic imine (C=N–C) groups is 1. The summed E-state index contributed by atoms with van der Waals surface area (Å²) in [6.07, 6.45) is 7.29. The summed E-state index contributed by atoms with van der Waals surface area (Å²) < 4.78 is 7.31. The molecule has 0 aliphatic carbocycles. The smallest absolute Gasteiger partial charge is 0.191 e. The van der Waals surface area contributed by atoms with Crippen LogP contribution in [0.5, 0.6) is 0 Å². The maximum atomic E-state index is 5.37. The average molecular weight is 479 g/mol. The lowest BCUT2D eigenvalue weighted by Gasteiger charge is -2.12. The second-order valence-corrected chi connectivity index (χ2v) is 5.96. The first-order valence-corrected chi connectivity index (χ1v) is 8.96. The Hall–Kier alpha value is -2.29. The molecule has 0 aliphatic rings. The van der Waals surface area contributed by atoms with Crippen molar-refractivity contribution in [2.24, 2.45) is 4.99 Å². The lowest BCUT2D eigenvalue weighted by molar-refractivity contribution is 0.506. The van der Waals surface area contributed by atoms with Gasteiger partial charge in [-0.15, -0.1) is 24.0 Å². The predicted octanol–water partition coefficient (Wildman–Crippen LogP) is 3.46. The van der Waals surface area contributed by atoms with Crippen LogP contribution in [0.15, 0.2) is 76.6 Å². The van der Waals surface area contributed by atoms with E-state index in [-0.39, 0.29) is 24.0 Å². The van der Waals surface area contributed by atoms with Gasteiger partial charge in [0.2, 0.25) is 0 Å². The van der Waals surface area contributed by atoms with Crippen molar-refractivity contribution in [1.82, 2.24) is 20.4 Å². The Morgan fingerprint density at radius 2 is 1.89 bits per heavy atom. The summed E-state index contributed by atoms with van der Waals surface area (Å²) in [5.74, 6) is 1.79. The molecule has 0 atom stereocenters. The number of rotatable bonds is 9. The standard InChI is InChI=1S/C20H25N5O.HI/c1-2-7-18(8-3-1)17-23-20(22-13-10-19-9-4-16-26-19)21-11-5-14-25-15-6-12-24-25;/h1-4,6-9,12,15-16H,5,10-11,13-14,17H2,(H2,21,22,23);1H. The van der Waals surface area contributed by atoms with Crippen molar-refractivity contribution in [3.63, 3.8) is 0 Å². The Bertz CT molecular complexity index is 757. The minimum Gasteiger partial charge on any atom is -0.469 e. The quantitative estimate of drug-likeness (QED) is 0.214. The minimum absolute atomic E-state index is 0. The molecule has 0 amide bonds. The molecule has 0 aliphatic heterocycles. The van der Waals surface area contributed by atoms with Gasteiger partial charge in [0.15, 0.2) is 5.96 Å². The predicted molar refractivity (Wildman–Crippen MR) is 118 cm³/mol. The number of hydrogen-bond donors (Lipinski definition) is 2. The van der Waals surface area contributed by atoms with Crippen molar-refractivity contribution in [2.45, 2.75) is 25.9 Å². The van der Waals surface area contributed by atoms with Crippen LogP contribution in [0.3, 0.4) is 0 Å². The van der Waals surface area contributed by atoms with E-state index < -0.39 is 0 Å². The first kappa shape index (κ1) is 21.0. The molecule has 2 N–H and O–H groups in total. The Morgan fingerprint density at radius 3 is 2.63 bits per heavy atom. The molecule has 0 saturated carbocycles. The van der Waals surface area contributed by atoms with Crippen LogP contribution in [0.4, 0.5) is 0 Å². The van der Waals surface area contributed by atoms with Gasteiger partial charge >= 0.3 is 0 Å². The number of hydrogen-bond acceptors (Lipinski definition) is 3. The third-order valence-corrected chi connectivity index (χ3v) is 3.92. The fourth-order valence-corrected chi connectivity index (χ4v) is 2.57. The molecule has 0 fully saturated rings. The monoisotopic (exact) mass is 479 g/mol. The lowest BCUT2D eigenvalue weighted by Crippen LogP contribution is -2.39. The fourth-order valence-electron chi connectivity index (χ4n) is 2.57. The molecule has 0 unspecified atom stereocenters. The number of nitrogens with zero attached hydrogens (tertiary/aromatic N) is 3. The number of halogens is 1. The van der Waals surface area contributed by atoms with Crippen LogP contribution >= 0.6 is 24.0 Å². The first-order valence-electron chi connectivity index (χ1n) is 8.96. The molecule has 7 heteroatoms. The SMILES string of the molecule is I.c1ccc(CN=C(NCCCn2cccn2)NCCc2ccco2)cc1. The number of nitrogens with one attached hydrogen (secondary N) is 2. The van der Waals surface area contributed by atoms with Crippen LogP contribution in [0.25, 0.3) is 0 Å². The van der Waals surface area contributed by atoms with E-state index >= 15 is 0 Å². The molecule has 0 spiro atoms. The van der Waals surface area contributed by atoms with Gasteiger partial charge in [-0.2, -0.15) is 5.10 Å². The number of benzene rings is 1. The van der Waals surface area contributed by atoms with Gasteiger partial charge in [0.05, 0.1) is 12.8 Å². The number of aryl methyl sites for hydroxylation is 1. The van der Waals surface area contributed by atoms with Crippen LogP contribution in [0, 0.1) is 0 Å². The molecule has 3 rings (SSSR count). The highest BCUT2D eigenvalue weighted by atomic mass is 127. The summed E-state index contributed by atoms with van der Waals surface area (Å²) in [5, 5.41) is 11.0. The van der Waals surface area contributed by atoms with Crippen molar-refractivity contribution in [3.05, 3.63) is 78.5 Å². The van der Waals surface area contributed by atoms with E-state index in [2.05, 4.69) is 32.9 Å². The van der Waals surface area contributed by atoms with Gasteiger partial charge in [-0.1, -0.05) is 30.3 Å². The molecule has 0 radical (unpaired) electrons. The van der Waals surface area contributed by atoms with Crippen LogP contribution in [-0.2, 0) is 19.5 Å². The van der Waals surface area contributed by atoms with E-state index in [1.807, 2.05) is 47.3 Å². The summed E-state index contributed by atoms with van der Waals surface area (Å²) in [6, 6.07) is 16.1. The zero-order valence-electron chi connectivity index (χ0n) is 15.3.